The van der Waals surface area contributed by atoms with Gasteiger partial charge >= 0.3 is 0 Å². The Morgan fingerprint density at radius 2 is 1.86 bits per heavy atom. The molecule has 0 saturated carbocycles. The number of hydrogen-bond acceptors (Lipinski definition) is 3. The highest BCUT2D eigenvalue weighted by Gasteiger charge is 2.14. The van der Waals surface area contributed by atoms with Crippen LogP contribution in [0.15, 0.2) is 42.5 Å². The summed E-state index contributed by atoms with van der Waals surface area (Å²) >= 11 is 0. The summed E-state index contributed by atoms with van der Waals surface area (Å²) < 4.78 is 0. The zero-order valence-corrected chi connectivity index (χ0v) is 13.4. The van der Waals surface area contributed by atoms with Crippen molar-refractivity contribution in [1.82, 2.24) is 16.0 Å². The highest BCUT2D eigenvalue weighted by molar-refractivity contribution is 5.87. The van der Waals surface area contributed by atoms with Gasteiger partial charge in [0.05, 0.1) is 6.04 Å². The van der Waals surface area contributed by atoms with E-state index in [1.165, 1.54) is 11.6 Å². The molecule has 1 aromatic carbocycles. The van der Waals surface area contributed by atoms with Crippen molar-refractivity contribution >= 4 is 11.8 Å². The van der Waals surface area contributed by atoms with Gasteiger partial charge in [0, 0.05) is 19.2 Å². The molecule has 5 nitrogen and oxygen atoms in total. The third-order valence-electron chi connectivity index (χ3n) is 3.47. The molecule has 2 amide bonds. The maximum Gasteiger partial charge on any atom is 0.243 e. The number of rotatable bonds is 8. The van der Waals surface area contributed by atoms with Crippen molar-refractivity contribution in [2.75, 3.05) is 14.1 Å². The van der Waals surface area contributed by atoms with Crippen molar-refractivity contribution in [3.05, 3.63) is 48.0 Å². The molecule has 120 valence electrons. The number of aryl methyl sites for hydroxylation is 1. The first-order valence-corrected chi connectivity index (χ1v) is 7.48. The van der Waals surface area contributed by atoms with Crippen LogP contribution in [0.3, 0.4) is 0 Å². The summed E-state index contributed by atoms with van der Waals surface area (Å²) in [6.07, 6.45) is 4.76. The van der Waals surface area contributed by atoms with Crippen molar-refractivity contribution in [1.29, 1.82) is 0 Å². The standard InChI is InChI=1S/C17H25N3O2/c1-13(18-2)17(22)20-15(11-12-16(21)19-3)10-9-14-7-5-4-6-8-14/h4-8,11-13,15,18H,9-10H2,1-3H3,(H,19,21)(H,20,22)/b12-11+/t13-,15-/m0/s1. The van der Waals surface area contributed by atoms with Gasteiger partial charge in [-0.1, -0.05) is 36.4 Å². The summed E-state index contributed by atoms with van der Waals surface area (Å²) in [4.78, 5) is 23.3. The van der Waals surface area contributed by atoms with E-state index in [1.807, 2.05) is 18.2 Å². The Morgan fingerprint density at radius 1 is 1.18 bits per heavy atom. The quantitative estimate of drug-likeness (QED) is 0.628. The molecule has 5 heteroatoms. The second-order valence-electron chi connectivity index (χ2n) is 5.12. The lowest BCUT2D eigenvalue weighted by Gasteiger charge is -2.18. The molecule has 2 atom stereocenters. The first-order chi connectivity index (χ1) is 10.6. The Balaban J connectivity index is 2.66. The van der Waals surface area contributed by atoms with Gasteiger partial charge in [0.15, 0.2) is 0 Å². The zero-order chi connectivity index (χ0) is 16.4. The predicted octanol–water partition coefficient (Wildman–Crippen LogP) is 1.01. The molecule has 0 bridgehead atoms. The summed E-state index contributed by atoms with van der Waals surface area (Å²) in [6, 6.07) is 9.62. The van der Waals surface area contributed by atoms with Crippen LogP contribution in [0.1, 0.15) is 18.9 Å². The van der Waals surface area contributed by atoms with Crippen LogP contribution in [0.4, 0.5) is 0 Å². The van der Waals surface area contributed by atoms with Crippen molar-refractivity contribution < 1.29 is 9.59 Å². The average Bonchev–Trinajstić information content (AvgIpc) is 2.56. The van der Waals surface area contributed by atoms with E-state index in [4.69, 9.17) is 0 Å². The highest BCUT2D eigenvalue weighted by Crippen LogP contribution is 2.06. The van der Waals surface area contributed by atoms with E-state index in [0.29, 0.717) is 0 Å². The fourth-order valence-corrected chi connectivity index (χ4v) is 1.91. The minimum absolute atomic E-state index is 0.0814. The third kappa shape index (κ3) is 6.54. The summed E-state index contributed by atoms with van der Waals surface area (Å²) in [7, 11) is 3.32. The molecule has 0 radical (unpaired) electrons. The molecule has 1 rings (SSSR count). The molecule has 0 fully saturated rings. The van der Waals surface area contributed by atoms with Gasteiger partial charge in [0.25, 0.3) is 0 Å². The molecular weight excluding hydrogens is 278 g/mol. The summed E-state index contributed by atoms with van der Waals surface area (Å²) in [5.41, 5.74) is 1.21. The topological polar surface area (TPSA) is 70.2 Å². The molecule has 1 aromatic rings. The van der Waals surface area contributed by atoms with Gasteiger partial charge in [0.2, 0.25) is 11.8 Å². The van der Waals surface area contributed by atoms with Crippen molar-refractivity contribution in [3.8, 4) is 0 Å². The number of nitrogens with one attached hydrogen (secondary N) is 3. The SMILES string of the molecule is CNC(=O)/C=C/[C@H](CCc1ccccc1)NC(=O)[C@H](C)NC. The lowest BCUT2D eigenvalue weighted by Crippen LogP contribution is -2.44. The second kappa shape index (κ2) is 9.73. The Labute approximate surface area is 132 Å². The molecule has 0 saturated heterocycles. The third-order valence-corrected chi connectivity index (χ3v) is 3.47. The number of carbonyl (C=O) groups excluding carboxylic acids is 2. The molecule has 3 N–H and O–H groups in total. The van der Waals surface area contributed by atoms with E-state index in [-0.39, 0.29) is 23.9 Å². The Morgan fingerprint density at radius 3 is 2.45 bits per heavy atom. The first kappa shape index (κ1) is 17.9. The normalized spacial score (nSPS) is 13.6. The van der Waals surface area contributed by atoms with Crippen molar-refractivity contribution in [2.45, 2.75) is 31.8 Å². The molecule has 0 spiro atoms. The summed E-state index contributed by atoms with van der Waals surface area (Å²) in [5.74, 6) is -0.261. The van der Waals surface area contributed by atoms with Gasteiger partial charge < -0.3 is 16.0 Å². The summed E-state index contributed by atoms with van der Waals surface area (Å²) in [5, 5.41) is 8.38. The van der Waals surface area contributed by atoms with Crippen LogP contribution in [0, 0.1) is 0 Å². The minimum atomic E-state index is -0.271. The predicted molar refractivity (Wildman–Crippen MR) is 88.4 cm³/mol. The van der Waals surface area contributed by atoms with Crippen LogP contribution >= 0.6 is 0 Å². The highest BCUT2D eigenvalue weighted by atomic mass is 16.2. The van der Waals surface area contributed by atoms with Gasteiger partial charge in [-0.3, -0.25) is 9.59 Å². The van der Waals surface area contributed by atoms with Crippen LogP contribution < -0.4 is 16.0 Å². The van der Waals surface area contributed by atoms with Gasteiger partial charge in [-0.05, 0) is 32.4 Å². The molecule has 0 aliphatic rings. The Bertz CT molecular complexity index is 500. The number of carbonyl (C=O) groups is 2. The summed E-state index contributed by atoms with van der Waals surface area (Å²) in [6.45, 7) is 1.80. The van der Waals surface area contributed by atoms with E-state index >= 15 is 0 Å². The van der Waals surface area contributed by atoms with Gasteiger partial charge in [-0.25, -0.2) is 0 Å². The lowest BCUT2D eigenvalue weighted by atomic mass is 10.0. The Kier molecular flexibility index (Phi) is 7.92. The van der Waals surface area contributed by atoms with E-state index in [2.05, 4.69) is 28.1 Å². The maximum absolute atomic E-state index is 12.0. The zero-order valence-electron chi connectivity index (χ0n) is 13.4. The first-order valence-electron chi connectivity index (χ1n) is 7.48. The van der Waals surface area contributed by atoms with Gasteiger partial charge in [-0.15, -0.1) is 0 Å². The molecule has 0 aliphatic carbocycles. The van der Waals surface area contributed by atoms with Crippen molar-refractivity contribution in [3.63, 3.8) is 0 Å². The fourth-order valence-electron chi connectivity index (χ4n) is 1.91. The number of hydrogen-bond donors (Lipinski definition) is 3. The smallest absolute Gasteiger partial charge is 0.243 e. The Hall–Kier alpha value is -2.14. The lowest BCUT2D eigenvalue weighted by molar-refractivity contribution is -0.123. The molecule has 0 aliphatic heterocycles. The fraction of sp³-hybridized carbons (Fsp3) is 0.412. The van der Waals surface area contributed by atoms with Gasteiger partial charge in [0.1, 0.15) is 0 Å². The van der Waals surface area contributed by atoms with Crippen LogP contribution in [0.2, 0.25) is 0 Å². The van der Waals surface area contributed by atoms with E-state index < -0.39 is 0 Å². The number of amides is 2. The average molecular weight is 303 g/mol. The van der Waals surface area contributed by atoms with Crippen LogP contribution in [-0.4, -0.2) is 38.0 Å². The van der Waals surface area contributed by atoms with Crippen LogP contribution in [-0.2, 0) is 16.0 Å². The van der Waals surface area contributed by atoms with Crippen molar-refractivity contribution in [2.24, 2.45) is 0 Å². The van der Waals surface area contributed by atoms with Crippen LogP contribution in [0.5, 0.6) is 0 Å². The monoisotopic (exact) mass is 303 g/mol. The van der Waals surface area contributed by atoms with Gasteiger partial charge in [-0.2, -0.15) is 0 Å². The van der Waals surface area contributed by atoms with Crippen LogP contribution in [0.25, 0.3) is 0 Å². The molecule has 22 heavy (non-hydrogen) atoms. The molecule has 0 aromatic heterocycles. The maximum atomic E-state index is 12.0. The van der Waals surface area contributed by atoms with E-state index in [0.717, 1.165) is 12.8 Å². The van der Waals surface area contributed by atoms with E-state index in [9.17, 15) is 9.59 Å². The largest absolute Gasteiger partial charge is 0.356 e. The molecule has 0 heterocycles. The van der Waals surface area contributed by atoms with E-state index in [1.54, 1.807) is 27.1 Å². The minimum Gasteiger partial charge on any atom is -0.356 e. The molecule has 0 unspecified atom stereocenters. The second-order valence-corrected chi connectivity index (χ2v) is 5.12. The molecular formula is C17H25N3O2. The number of likely N-dealkylation sites (N-methyl/N-ethyl adjacent to an activating group) is 2. The number of benzene rings is 1.